The van der Waals surface area contributed by atoms with Gasteiger partial charge in [0.25, 0.3) is 0 Å². The Balaban J connectivity index is 1.82. The zero-order chi connectivity index (χ0) is 18.2. The molecule has 4 heteroatoms. The lowest BCUT2D eigenvalue weighted by molar-refractivity contribution is -0.137. The van der Waals surface area contributed by atoms with Gasteiger partial charge in [-0.25, -0.2) is 0 Å². The average molecular weight is 348 g/mol. The third-order valence-electron chi connectivity index (χ3n) is 5.45. The highest BCUT2D eigenvalue weighted by Gasteiger charge is 2.40. The van der Waals surface area contributed by atoms with E-state index in [1.807, 2.05) is 0 Å². The first-order chi connectivity index (χ1) is 12.0. The van der Waals surface area contributed by atoms with Crippen LogP contribution in [0.15, 0.2) is 23.8 Å². The van der Waals surface area contributed by atoms with E-state index >= 15 is 0 Å². The Bertz CT molecular complexity index is 520. The molecule has 25 heavy (non-hydrogen) atoms. The minimum absolute atomic E-state index is 0.0600. The highest BCUT2D eigenvalue weighted by Crippen LogP contribution is 2.46. The molecular weight excluding hydrogens is 316 g/mol. The van der Waals surface area contributed by atoms with Crippen LogP contribution in [0, 0.1) is 17.8 Å². The molecule has 4 nitrogen and oxygen atoms in total. The molecule has 0 spiro atoms. The lowest BCUT2D eigenvalue weighted by Crippen LogP contribution is -2.13. The van der Waals surface area contributed by atoms with Gasteiger partial charge in [0.15, 0.2) is 5.78 Å². The molecule has 0 saturated heterocycles. The molecule has 0 bridgehead atoms. The van der Waals surface area contributed by atoms with Crippen molar-refractivity contribution in [3.63, 3.8) is 0 Å². The summed E-state index contributed by atoms with van der Waals surface area (Å²) in [4.78, 5) is 22.8. The third-order valence-corrected chi connectivity index (χ3v) is 5.45. The number of allylic oxidation sites excluding steroid dienone is 3. The number of hydrogen-bond acceptors (Lipinski definition) is 3. The minimum atomic E-state index is -0.740. The predicted molar refractivity (Wildman–Crippen MR) is 98.2 cm³/mol. The molecule has 0 heterocycles. The number of carboxylic acids is 1. The molecule has 140 valence electrons. The second kappa shape index (κ2) is 9.91. The number of rotatable bonds is 11. The van der Waals surface area contributed by atoms with E-state index in [9.17, 15) is 14.7 Å². The lowest BCUT2D eigenvalue weighted by atomic mass is 9.94. The first kappa shape index (κ1) is 19.9. The van der Waals surface area contributed by atoms with Crippen LogP contribution in [-0.4, -0.2) is 28.1 Å². The van der Waals surface area contributed by atoms with Crippen molar-refractivity contribution in [1.82, 2.24) is 0 Å². The number of aliphatic hydroxyl groups excluding tert-OH is 1. The van der Waals surface area contributed by atoms with E-state index < -0.39 is 12.1 Å². The average Bonchev–Trinajstić information content (AvgIpc) is 3.23. The van der Waals surface area contributed by atoms with Gasteiger partial charge in [0.05, 0.1) is 6.10 Å². The molecular formula is C21H32O4. The first-order valence-electron chi connectivity index (χ1n) is 9.82. The van der Waals surface area contributed by atoms with Crippen molar-refractivity contribution >= 4 is 11.8 Å². The quantitative estimate of drug-likeness (QED) is 0.332. The van der Waals surface area contributed by atoms with E-state index in [-0.39, 0.29) is 24.5 Å². The Hall–Kier alpha value is -1.42. The number of aliphatic carboxylic acids is 1. The lowest BCUT2D eigenvalue weighted by Gasteiger charge is -2.13. The van der Waals surface area contributed by atoms with Crippen LogP contribution in [0.5, 0.6) is 0 Å². The normalized spacial score (nSPS) is 30.5. The summed E-state index contributed by atoms with van der Waals surface area (Å²) < 4.78 is 0. The molecule has 0 aromatic rings. The summed E-state index contributed by atoms with van der Waals surface area (Å²) in [5.41, 5.74) is 0.816. The topological polar surface area (TPSA) is 74.6 Å². The molecule has 0 aromatic carbocycles. The van der Waals surface area contributed by atoms with Crippen molar-refractivity contribution in [3.05, 3.63) is 23.8 Å². The summed E-state index contributed by atoms with van der Waals surface area (Å²) in [5.74, 6) is 0.204. The summed E-state index contributed by atoms with van der Waals surface area (Å²) in [5, 5.41) is 18.9. The second-order valence-electron chi connectivity index (χ2n) is 7.57. The van der Waals surface area contributed by atoms with Gasteiger partial charge >= 0.3 is 5.97 Å². The summed E-state index contributed by atoms with van der Waals surface area (Å²) in [6, 6.07) is 0. The van der Waals surface area contributed by atoms with E-state index in [2.05, 4.69) is 25.2 Å². The van der Waals surface area contributed by atoms with Crippen LogP contribution in [0.25, 0.3) is 0 Å². The van der Waals surface area contributed by atoms with Crippen molar-refractivity contribution in [2.45, 2.75) is 77.2 Å². The SMILES string of the molecule is CCCCC/C=C\C[C@@H]1/C(=C\[C@@H]2C[C@@H]2CCCC(=O)O)C(=O)C[C@H]1O. The Morgan fingerprint density at radius 2 is 2.04 bits per heavy atom. The number of carboxylic acid groups (broad SMARTS) is 1. The van der Waals surface area contributed by atoms with Gasteiger partial charge in [0.2, 0.25) is 0 Å². The fourth-order valence-corrected chi connectivity index (χ4v) is 3.79. The number of hydrogen-bond donors (Lipinski definition) is 2. The zero-order valence-corrected chi connectivity index (χ0v) is 15.3. The summed E-state index contributed by atoms with van der Waals surface area (Å²) in [6.07, 6.45) is 14.4. The van der Waals surface area contributed by atoms with Crippen molar-refractivity contribution in [2.24, 2.45) is 17.8 Å². The second-order valence-corrected chi connectivity index (χ2v) is 7.57. The summed E-state index contributed by atoms with van der Waals surface area (Å²) in [7, 11) is 0. The maximum Gasteiger partial charge on any atom is 0.303 e. The van der Waals surface area contributed by atoms with Gasteiger partial charge in [-0.05, 0) is 55.9 Å². The van der Waals surface area contributed by atoms with Crippen molar-refractivity contribution in [3.8, 4) is 0 Å². The molecule has 0 aliphatic heterocycles. The molecule has 2 aliphatic rings. The van der Waals surface area contributed by atoms with Crippen LogP contribution < -0.4 is 0 Å². The van der Waals surface area contributed by atoms with E-state index in [4.69, 9.17) is 5.11 Å². The smallest absolute Gasteiger partial charge is 0.303 e. The number of carbonyl (C=O) groups is 2. The van der Waals surface area contributed by atoms with Gasteiger partial charge in [-0.3, -0.25) is 9.59 Å². The van der Waals surface area contributed by atoms with Gasteiger partial charge in [-0.2, -0.15) is 0 Å². The number of unbranched alkanes of at least 4 members (excludes halogenated alkanes) is 3. The summed E-state index contributed by atoms with van der Waals surface area (Å²) >= 11 is 0. The van der Waals surface area contributed by atoms with Gasteiger partial charge in [-0.1, -0.05) is 38.0 Å². The van der Waals surface area contributed by atoms with Crippen LogP contribution in [0.1, 0.15) is 71.1 Å². The zero-order valence-electron chi connectivity index (χ0n) is 15.3. The molecule has 0 unspecified atom stereocenters. The third kappa shape index (κ3) is 6.43. The van der Waals surface area contributed by atoms with Crippen LogP contribution in [-0.2, 0) is 9.59 Å². The molecule has 0 amide bonds. The van der Waals surface area contributed by atoms with Crippen LogP contribution in [0.4, 0.5) is 0 Å². The van der Waals surface area contributed by atoms with Crippen molar-refractivity contribution in [1.29, 1.82) is 0 Å². The minimum Gasteiger partial charge on any atom is -0.481 e. The fourth-order valence-electron chi connectivity index (χ4n) is 3.79. The molecule has 4 atom stereocenters. The number of Topliss-reactive ketones (excluding diaryl/α,β-unsaturated/α-hetero) is 1. The largest absolute Gasteiger partial charge is 0.481 e. The van der Waals surface area contributed by atoms with E-state index in [0.717, 1.165) is 31.3 Å². The van der Waals surface area contributed by atoms with E-state index in [1.54, 1.807) is 0 Å². The van der Waals surface area contributed by atoms with Gasteiger partial charge in [0.1, 0.15) is 0 Å². The highest BCUT2D eigenvalue weighted by molar-refractivity contribution is 5.99. The molecule has 0 aromatic heterocycles. The molecule has 2 saturated carbocycles. The van der Waals surface area contributed by atoms with Crippen molar-refractivity contribution in [2.75, 3.05) is 0 Å². The van der Waals surface area contributed by atoms with Crippen molar-refractivity contribution < 1.29 is 19.8 Å². The van der Waals surface area contributed by atoms with Crippen LogP contribution in [0.2, 0.25) is 0 Å². The number of aliphatic hydroxyl groups is 1. The van der Waals surface area contributed by atoms with E-state index in [0.29, 0.717) is 18.3 Å². The first-order valence-corrected chi connectivity index (χ1v) is 9.82. The maximum absolute atomic E-state index is 12.2. The van der Waals surface area contributed by atoms with Crippen LogP contribution in [0.3, 0.4) is 0 Å². The van der Waals surface area contributed by atoms with Crippen LogP contribution >= 0.6 is 0 Å². The van der Waals surface area contributed by atoms with Gasteiger partial charge in [0, 0.05) is 18.8 Å². The van der Waals surface area contributed by atoms with E-state index in [1.165, 1.54) is 19.3 Å². The summed E-state index contributed by atoms with van der Waals surface area (Å²) in [6.45, 7) is 2.19. The van der Waals surface area contributed by atoms with Gasteiger partial charge < -0.3 is 10.2 Å². The molecule has 2 fully saturated rings. The Labute approximate surface area is 151 Å². The monoisotopic (exact) mass is 348 g/mol. The fraction of sp³-hybridized carbons (Fsp3) is 0.714. The Morgan fingerprint density at radius 3 is 2.76 bits per heavy atom. The predicted octanol–water partition coefficient (Wildman–Crippen LogP) is 4.28. The molecule has 2 rings (SSSR count). The maximum atomic E-state index is 12.2. The Morgan fingerprint density at radius 1 is 1.24 bits per heavy atom. The molecule has 0 radical (unpaired) electrons. The van der Waals surface area contributed by atoms with Gasteiger partial charge in [-0.15, -0.1) is 0 Å². The number of carbonyl (C=O) groups excluding carboxylic acids is 1. The standard InChI is InChI=1S/C21H32O4/c1-2-3-4-5-6-7-10-17-18(20(23)14-19(17)22)13-16-12-15(16)9-8-11-21(24)25/h6-7,13,15-17,19,22H,2-5,8-12,14H2,1H3,(H,24,25)/b7-6-,18-13+/t15-,16-,17+,19+/m0/s1. The highest BCUT2D eigenvalue weighted by atomic mass is 16.4. The Kier molecular flexibility index (Phi) is 7.89. The molecule has 2 N–H and O–H groups in total. The molecule has 2 aliphatic carbocycles. The number of ketones is 1.